The lowest BCUT2D eigenvalue weighted by Gasteiger charge is -2.00. The van der Waals surface area contributed by atoms with Gasteiger partial charge in [0.2, 0.25) is 0 Å². The summed E-state index contributed by atoms with van der Waals surface area (Å²) in [6.07, 6.45) is 8.18. The molecule has 1 aliphatic carbocycles. The summed E-state index contributed by atoms with van der Waals surface area (Å²) >= 11 is 0. The van der Waals surface area contributed by atoms with Crippen LogP contribution in [0.4, 0.5) is 0 Å². The van der Waals surface area contributed by atoms with Gasteiger partial charge in [-0.05, 0) is 42.5 Å². The third-order valence-corrected chi connectivity index (χ3v) is 2.10. The van der Waals surface area contributed by atoms with Crippen molar-refractivity contribution in [1.82, 2.24) is 0 Å². The van der Waals surface area contributed by atoms with Crippen LogP contribution in [0.1, 0.15) is 24.0 Å². The van der Waals surface area contributed by atoms with Gasteiger partial charge in [-0.1, -0.05) is 24.3 Å². The molecule has 0 bridgehead atoms. The molecule has 1 aromatic carbocycles. The van der Waals surface area contributed by atoms with E-state index in [0.717, 1.165) is 0 Å². The van der Waals surface area contributed by atoms with E-state index >= 15 is 0 Å². The zero-order chi connectivity index (χ0) is 7.52. The summed E-state index contributed by atoms with van der Waals surface area (Å²) in [6.45, 7) is 0. The van der Waals surface area contributed by atoms with Crippen LogP contribution in [0, 0.1) is 6.07 Å². The van der Waals surface area contributed by atoms with E-state index in [-0.39, 0.29) is 0 Å². The van der Waals surface area contributed by atoms with Crippen LogP contribution >= 0.6 is 0 Å². The number of fused-ring (bicyclic) bond motifs is 1. The maximum absolute atomic E-state index is 3.10. The van der Waals surface area contributed by atoms with Crippen molar-refractivity contribution in [3.8, 4) is 0 Å². The Balaban J connectivity index is 2.45. The number of benzene rings is 1. The van der Waals surface area contributed by atoms with Gasteiger partial charge in [0.05, 0.1) is 0 Å². The van der Waals surface area contributed by atoms with Crippen LogP contribution in [0.25, 0.3) is 6.08 Å². The second-order valence-electron chi connectivity index (χ2n) is 2.92. The Morgan fingerprint density at radius 2 is 2.36 bits per heavy atom. The molecule has 0 fully saturated rings. The molecule has 0 heteroatoms. The smallest absolute Gasteiger partial charge is 0.0178 e. The second-order valence-corrected chi connectivity index (χ2v) is 2.92. The minimum atomic E-state index is 1.22. The van der Waals surface area contributed by atoms with Crippen molar-refractivity contribution >= 4 is 6.08 Å². The van der Waals surface area contributed by atoms with Crippen molar-refractivity contribution in [3.63, 3.8) is 0 Å². The van der Waals surface area contributed by atoms with E-state index in [9.17, 15) is 0 Å². The molecule has 1 aliphatic rings. The maximum Gasteiger partial charge on any atom is -0.0178 e. The standard InChI is InChI=1S/C11H11/c1-2-6-10-8-4-5-9-11(10)7-3-1/h2,5-6,8-9H,1,3,7H2. The Bertz CT molecular complexity index is 271. The van der Waals surface area contributed by atoms with Crippen LogP contribution in [0.15, 0.2) is 24.3 Å². The van der Waals surface area contributed by atoms with E-state index in [2.05, 4.69) is 30.4 Å². The molecule has 0 N–H and O–H groups in total. The SMILES string of the molecule is [c]1ccc2c(c1)C=CCCC2. The van der Waals surface area contributed by atoms with Gasteiger partial charge >= 0.3 is 0 Å². The molecule has 1 aromatic rings. The highest BCUT2D eigenvalue weighted by Crippen LogP contribution is 2.17. The minimum absolute atomic E-state index is 1.22. The summed E-state index contributed by atoms with van der Waals surface area (Å²) in [7, 11) is 0. The van der Waals surface area contributed by atoms with E-state index in [4.69, 9.17) is 0 Å². The lowest BCUT2D eigenvalue weighted by atomic mass is 10.1. The molecule has 0 aliphatic heterocycles. The number of allylic oxidation sites excluding steroid dienone is 1. The van der Waals surface area contributed by atoms with Gasteiger partial charge in [-0.15, -0.1) is 0 Å². The first kappa shape index (κ1) is 6.66. The first-order valence-electron chi connectivity index (χ1n) is 4.12. The Morgan fingerprint density at radius 3 is 3.36 bits per heavy atom. The van der Waals surface area contributed by atoms with Crippen molar-refractivity contribution in [1.29, 1.82) is 0 Å². The van der Waals surface area contributed by atoms with E-state index < -0.39 is 0 Å². The summed E-state index contributed by atoms with van der Waals surface area (Å²) in [6, 6.07) is 9.33. The summed E-state index contributed by atoms with van der Waals surface area (Å²) in [5, 5.41) is 0. The molecular weight excluding hydrogens is 132 g/mol. The lowest BCUT2D eigenvalue weighted by molar-refractivity contribution is 0.851. The van der Waals surface area contributed by atoms with Crippen LogP contribution in [-0.4, -0.2) is 0 Å². The molecule has 0 nitrogen and oxygen atoms in total. The molecule has 0 atom stereocenters. The molecule has 2 rings (SSSR count). The van der Waals surface area contributed by atoms with Crippen molar-refractivity contribution in [2.24, 2.45) is 0 Å². The average Bonchev–Trinajstić information content (AvgIpc) is 2.28. The van der Waals surface area contributed by atoms with E-state index in [1.165, 1.54) is 30.4 Å². The minimum Gasteiger partial charge on any atom is -0.0839 e. The van der Waals surface area contributed by atoms with Gasteiger partial charge in [0.25, 0.3) is 0 Å². The van der Waals surface area contributed by atoms with Gasteiger partial charge in [-0.3, -0.25) is 0 Å². The fourth-order valence-corrected chi connectivity index (χ4v) is 1.48. The van der Waals surface area contributed by atoms with Crippen LogP contribution in [0.2, 0.25) is 0 Å². The number of hydrogen-bond acceptors (Lipinski definition) is 0. The zero-order valence-corrected chi connectivity index (χ0v) is 6.51. The lowest BCUT2D eigenvalue weighted by Crippen LogP contribution is -1.85. The van der Waals surface area contributed by atoms with Crippen molar-refractivity contribution in [3.05, 3.63) is 41.5 Å². The molecule has 55 valence electrons. The molecule has 0 spiro atoms. The summed E-state index contributed by atoms with van der Waals surface area (Å²) in [5.74, 6) is 0. The summed E-state index contributed by atoms with van der Waals surface area (Å²) < 4.78 is 0. The average molecular weight is 143 g/mol. The van der Waals surface area contributed by atoms with E-state index in [1.807, 2.05) is 6.07 Å². The fraction of sp³-hybridized carbons (Fsp3) is 0.273. The Hall–Kier alpha value is -1.04. The summed E-state index contributed by atoms with van der Waals surface area (Å²) in [4.78, 5) is 0. The third-order valence-electron chi connectivity index (χ3n) is 2.10. The Morgan fingerprint density at radius 1 is 1.36 bits per heavy atom. The highest BCUT2D eigenvalue weighted by atomic mass is 14.1. The Kier molecular flexibility index (Phi) is 1.76. The van der Waals surface area contributed by atoms with Crippen LogP contribution in [-0.2, 0) is 6.42 Å². The van der Waals surface area contributed by atoms with Gasteiger partial charge in [-0.25, -0.2) is 0 Å². The first-order chi connectivity index (χ1) is 5.47. The van der Waals surface area contributed by atoms with Crippen LogP contribution < -0.4 is 0 Å². The first-order valence-corrected chi connectivity index (χ1v) is 4.12. The van der Waals surface area contributed by atoms with Gasteiger partial charge < -0.3 is 0 Å². The predicted molar refractivity (Wildman–Crippen MR) is 47.3 cm³/mol. The molecule has 0 saturated carbocycles. The molecule has 0 amide bonds. The maximum atomic E-state index is 3.10. The zero-order valence-electron chi connectivity index (χ0n) is 6.51. The van der Waals surface area contributed by atoms with Crippen molar-refractivity contribution < 1.29 is 0 Å². The van der Waals surface area contributed by atoms with Gasteiger partial charge in [0.1, 0.15) is 0 Å². The van der Waals surface area contributed by atoms with E-state index in [0.29, 0.717) is 0 Å². The fourth-order valence-electron chi connectivity index (χ4n) is 1.48. The highest BCUT2D eigenvalue weighted by Gasteiger charge is 2.00. The number of hydrogen-bond donors (Lipinski definition) is 0. The number of rotatable bonds is 0. The second kappa shape index (κ2) is 2.91. The van der Waals surface area contributed by atoms with Crippen molar-refractivity contribution in [2.45, 2.75) is 19.3 Å². The van der Waals surface area contributed by atoms with Crippen LogP contribution in [0.3, 0.4) is 0 Å². The molecular formula is C11H11. The molecule has 0 saturated heterocycles. The van der Waals surface area contributed by atoms with E-state index in [1.54, 1.807) is 0 Å². The molecule has 0 unspecified atom stereocenters. The third kappa shape index (κ3) is 1.35. The van der Waals surface area contributed by atoms with Crippen LogP contribution in [0.5, 0.6) is 0 Å². The molecule has 1 radical (unpaired) electrons. The largest absolute Gasteiger partial charge is 0.0839 e. The molecule has 0 heterocycles. The van der Waals surface area contributed by atoms with Gasteiger partial charge in [-0.2, -0.15) is 0 Å². The highest BCUT2D eigenvalue weighted by molar-refractivity contribution is 5.54. The number of aryl methyl sites for hydroxylation is 1. The Labute approximate surface area is 67.6 Å². The monoisotopic (exact) mass is 143 g/mol. The molecule has 0 aromatic heterocycles. The normalized spacial score (nSPS) is 15.6. The van der Waals surface area contributed by atoms with Gasteiger partial charge in [0, 0.05) is 0 Å². The van der Waals surface area contributed by atoms with Gasteiger partial charge in [0.15, 0.2) is 0 Å². The quantitative estimate of drug-likeness (QED) is 0.524. The molecule has 11 heavy (non-hydrogen) atoms. The summed E-state index contributed by atoms with van der Waals surface area (Å²) in [5.41, 5.74) is 2.82. The van der Waals surface area contributed by atoms with Crippen molar-refractivity contribution in [2.75, 3.05) is 0 Å². The predicted octanol–water partition coefficient (Wildman–Crippen LogP) is 2.84. The topological polar surface area (TPSA) is 0 Å².